The first-order chi connectivity index (χ1) is 12.7. The highest BCUT2D eigenvalue weighted by Crippen LogP contribution is 2.38. The molecule has 26 heavy (non-hydrogen) atoms. The Balaban J connectivity index is 1.49. The molecule has 0 bridgehead atoms. The number of rotatable bonds is 2. The number of hydrogen-bond donors (Lipinski definition) is 0. The Bertz CT molecular complexity index is 1100. The van der Waals surface area contributed by atoms with Crippen LogP contribution >= 0.6 is 22.7 Å². The third kappa shape index (κ3) is 2.61. The molecule has 0 aliphatic carbocycles. The Morgan fingerprint density at radius 3 is 2.88 bits per heavy atom. The first kappa shape index (κ1) is 15.9. The molecule has 4 aromatic rings. The molecule has 3 heterocycles. The number of thiophene rings is 1. The fourth-order valence-corrected chi connectivity index (χ4v) is 5.67. The van der Waals surface area contributed by atoms with E-state index in [1.54, 1.807) is 23.5 Å². The summed E-state index contributed by atoms with van der Waals surface area (Å²) in [5.74, 6) is -0.254. The fraction of sp³-hybridized carbons (Fsp3) is 0.200. The molecule has 1 aliphatic heterocycles. The molecule has 0 radical (unpaired) electrons. The number of carbonyl (C=O) groups is 1. The maximum Gasteiger partial charge on any atom is 0.264 e. The maximum atomic E-state index is 13.4. The molecule has 1 fully saturated rings. The number of benzene rings is 2. The Labute approximate surface area is 157 Å². The zero-order valence-electron chi connectivity index (χ0n) is 13.8. The van der Waals surface area contributed by atoms with Crippen molar-refractivity contribution in [2.24, 2.45) is 0 Å². The summed E-state index contributed by atoms with van der Waals surface area (Å²) in [6, 6.07) is 14.6. The lowest BCUT2D eigenvalue weighted by Gasteiger charge is -2.22. The van der Waals surface area contributed by atoms with E-state index in [9.17, 15) is 9.18 Å². The monoisotopic (exact) mass is 382 g/mol. The van der Waals surface area contributed by atoms with Crippen molar-refractivity contribution in [3.05, 3.63) is 64.2 Å². The van der Waals surface area contributed by atoms with E-state index in [2.05, 4.69) is 6.07 Å². The van der Waals surface area contributed by atoms with Gasteiger partial charge in [-0.25, -0.2) is 9.37 Å². The quantitative estimate of drug-likeness (QED) is 0.450. The molecular formula is C20H15FN2OS2. The van der Waals surface area contributed by atoms with Crippen LogP contribution in [0.25, 0.3) is 20.3 Å². The molecule has 3 nitrogen and oxygen atoms in total. The van der Waals surface area contributed by atoms with Crippen LogP contribution in [0.3, 0.4) is 0 Å². The Morgan fingerprint density at radius 1 is 1.12 bits per heavy atom. The van der Waals surface area contributed by atoms with Gasteiger partial charge < -0.3 is 4.90 Å². The highest BCUT2D eigenvalue weighted by atomic mass is 32.1. The number of thiazole rings is 1. The van der Waals surface area contributed by atoms with Gasteiger partial charge in [-0.3, -0.25) is 4.79 Å². The number of halogens is 1. The van der Waals surface area contributed by atoms with E-state index in [1.165, 1.54) is 23.5 Å². The van der Waals surface area contributed by atoms with E-state index in [-0.39, 0.29) is 17.8 Å². The maximum absolute atomic E-state index is 13.4. The van der Waals surface area contributed by atoms with Gasteiger partial charge in [0.15, 0.2) is 0 Å². The third-order valence-corrected chi connectivity index (χ3v) is 7.04. The number of aromatic nitrogens is 1. The molecule has 0 saturated carbocycles. The predicted octanol–water partition coefficient (Wildman–Crippen LogP) is 5.63. The number of para-hydroxylation sites is 1. The standard InChI is InChI=1S/C20H15FN2OS2/c21-13-7-8-16-12(10-13)11-18(25-16)20(24)23-9-3-5-15(23)19-22-14-4-1-2-6-17(14)26-19/h1-2,4,6-8,10-11,15H,3,5,9H2. The van der Waals surface area contributed by atoms with Gasteiger partial charge in [0.1, 0.15) is 10.8 Å². The van der Waals surface area contributed by atoms with Crippen molar-refractivity contribution in [1.82, 2.24) is 9.88 Å². The number of fused-ring (bicyclic) bond motifs is 2. The van der Waals surface area contributed by atoms with E-state index < -0.39 is 0 Å². The number of hydrogen-bond acceptors (Lipinski definition) is 4. The number of nitrogens with zero attached hydrogens (tertiary/aromatic N) is 2. The minimum absolute atomic E-state index is 0.0216. The molecular weight excluding hydrogens is 367 g/mol. The van der Waals surface area contributed by atoms with Gasteiger partial charge in [-0.2, -0.15) is 0 Å². The van der Waals surface area contributed by atoms with E-state index in [4.69, 9.17) is 4.98 Å². The van der Waals surface area contributed by atoms with E-state index in [0.29, 0.717) is 4.88 Å². The minimum Gasteiger partial charge on any atom is -0.328 e. The molecule has 2 aromatic carbocycles. The van der Waals surface area contributed by atoms with Crippen LogP contribution in [0.15, 0.2) is 48.5 Å². The van der Waals surface area contributed by atoms with Crippen LogP contribution in [0, 0.1) is 5.82 Å². The van der Waals surface area contributed by atoms with Crippen LogP contribution in [0.4, 0.5) is 4.39 Å². The minimum atomic E-state index is -0.275. The smallest absolute Gasteiger partial charge is 0.264 e. The molecule has 2 aromatic heterocycles. The van der Waals surface area contributed by atoms with Crippen molar-refractivity contribution in [2.45, 2.75) is 18.9 Å². The average molecular weight is 382 g/mol. The first-order valence-electron chi connectivity index (χ1n) is 8.54. The predicted molar refractivity (Wildman–Crippen MR) is 104 cm³/mol. The molecule has 1 unspecified atom stereocenters. The topological polar surface area (TPSA) is 33.2 Å². The van der Waals surface area contributed by atoms with Crippen LogP contribution < -0.4 is 0 Å². The van der Waals surface area contributed by atoms with Crippen LogP contribution in [0.2, 0.25) is 0 Å². The second-order valence-corrected chi connectivity index (χ2v) is 8.62. The highest BCUT2D eigenvalue weighted by Gasteiger charge is 2.33. The summed E-state index contributed by atoms with van der Waals surface area (Å²) in [6.07, 6.45) is 1.91. The van der Waals surface area contributed by atoms with E-state index in [1.807, 2.05) is 23.1 Å². The fourth-order valence-electron chi connectivity index (χ4n) is 3.56. The number of amides is 1. The molecule has 1 aliphatic rings. The Kier molecular flexibility index (Phi) is 3.76. The van der Waals surface area contributed by atoms with Crippen molar-refractivity contribution in [1.29, 1.82) is 0 Å². The summed E-state index contributed by atoms with van der Waals surface area (Å²) in [5, 5.41) is 1.79. The van der Waals surface area contributed by atoms with Crippen LogP contribution in [0.1, 0.15) is 33.6 Å². The van der Waals surface area contributed by atoms with Crippen LogP contribution in [0.5, 0.6) is 0 Å². The lowest BCUT2D eigenvalue weighted by atomic mass is 10.2. The van der Waals surface area contributed by atoms with Gasteiger partial charge in [0.25, 0.3) is 5.91 Å². The second-order valence-electron chi connectivity index (χ2n) is 6.47. The van der Waals surface area contributed by atoms with Crippen LogP contribution in [-0.4, -0.2) is 22.3 Å². The van der Waals surface area contributed by atoms with Gasteiger partial charge >= 0.3 is 0 Å². The molecule has 5 rings (SSSR count). The molecule has 1 saturated heterocycles. The SMILES string of the molecule is O=C(c1cc2cc(F)ccc2s1)N1CCCC1c1nc2ccccc2s1. The van der Waals surface area contributed by atoms with Gasteiger partial charge in [0.2, 0.25) is 0 Å². The van der Waals surface area contributed by atoms with Crippen LogP contribution in [-0.2, 0) is 0 Å². The number of likely N-dealkylation sites (tertiary alicyclic amines) is 1. The van der Waals surface area contributed by atoms with Gasteiger partial charge in [-0.15, -0.1) is 22.7 Å². The summed E-state index contributed by atoms with van der Waals surface area (Å²) in [6.45, 7) is 0.738. The first-order valence-corrected chi connectivity index (χ1v) is 10.2. The van der Waals surface area contributed by atoms with Crippen molar-refractivity contribution in [2.75, 3.05) is 6.54 Å². The summed E-state index contributed by atoms with van der Waals surface area (Å²) in [7, 11) is 0. The van der Waals surface area contributed by atoms with E-state index >= 15 is 0 Å². The molecule has 6 heteroatoms. The Hall–Kier alpha value is -2.31. The van der Waals surface area contributed by atoms with Crippen molar-refractivity contribution in [3.8, 4) is 0 Å². The zero-order chi connectivity index (χ0) is 17.7. The summed E-state index contributed by atoms with van der Waals surface area (Å²) in [5.41, 5.74) is 0.990. The summed E-state index contributed by atoms with van der Waals surface area (Å²) < 4.78 is 15.5. The van der Waals surface area contributed by atoms with Gasteiger partial charge in [0.05, 0.1) is 21.1 Å². The molecule has 1 amide bonds. The van der Waals surface area contributed by atoms with Crippen molar-refractivity contribution in [3.63, 3.8) is 0 Å². The zero-order valence-corrected chi connectivity index (χ0v) is 15.4. The van der Waals surface area contributed by atoms with Crippen molar-refractivity contribution >= 4 is 48.9 Å². The summed E-state index contributed by atoms with van der Waals surface area (Å²) in [4.78, 5) is 20.5. The highest BCUT2D eigenvalue weighted by molar-refractivity contribution is 7.20. The van der Waals surface area contributed by atoms with E-state index in [0.717, 1.165) is 44.7 Å². The lowest BCUT2D eigenvalue weighted by Crippen LogP contribution is -2.29. The van der Waals surface area contributed by atoms with Gasteiger partial charge in [-0.05, 0) is 54.6 Å². The average Bonchev–Trinajstić information content (AvgIpc) is 3.36. The summed E-state index contributed by atoms with van der Waals surface area (Å²) >= 11 is 3.09. The van der Waals surface area contributed by atoms with Crippen molar-refractivity contribution < 1.29 is 9.18 Å². The van der Waals surface area contributed by atoms with Gasteiger partial charge in [0, 0.05) is 11.2 Å². The molecule has 1 atom stereocenters. The molecule has 130 valence electrons. The van der Waals surface area contributed by atoms with Gasteiger partial charge in [-0.1, -0.05) is 12.1 Å². The second kappa shape index (κ2) is 6.14. The molecule has 0 spiro atoms. The largest absolute Gasteiger partial charge is 0.328 e. The lowest BCUT2D eigenvalue weighted by molar-refractivity contribution is 0.0740. The normalized spacial score (nSPS) is 17.4. The number of carbonyl (C=O) groups excluding carboxylic acids is 1. The molecule has 0 N–H and O–H groups in total. The third-order valence-electron chi connectivity index (χ3n) is 4.80. The Morgan fingerprint density at radius 2 is 2.00 bits per heavy atom.